The van der Waals surface area contributed by atoms with Crippen LogP contribution in [0.2, 0.25) is 0 Å². The maximum atomic E-state index is 14.3. The van der Waals surface area contributed by atoms with Crippen LogP contribution in [-0.4, -0.2) is 43.4 Å². The summed E-state index contributed by atoms with van der Waals surface area (Å²) >= 11 is 0. The molecule has 0 aliphatic heterocycles. The van der Waals surface area contributed by atoms with E-state index in [1.807, 2.05) is 0 Å². The highest BCUT2D eigenvalue weighted by atomic mass is 31.2. The molecule has 3 aromatic rings. The number of allylic oxidation sites excluding steroid dienone is 1. The molecule has 1 atom stereocenters. The third-order valence-corrected chi connectivity index (χ3v) is 10.4. The van der Waals surface area contributed by atoms with Gasteiger partial charge in [0.1, 0.15) is 6.42 Å². The minimum atomic E-state index is -5.07. The summed E-state index contributed by atoms with van der Waals surface area (Å²) in [6, 6.07) is 26.7. The lowest BCUT2D eigenvalue weighted by molar-refractivity contribution is -0.136. The van der Waals surface area contributed by atoms with E-state index in [1.54, 1.807) is 91.0 Å². The van der Waals surface area contributed by atoms with Crippen molar-refractivity contribution in [2.45, 2.75) is 13.1 Å². The van der Waals surface area contributed by atoms with Gasteiger partial charge in [-0.25, -0.2) is 9.59 Å². The van der Waals surface area contributed by atoms with Gasteiger partial charge in [-0.2, -0.15) is 13.2 Å². The Balaban J connectivity index is 2.56. The van der Waals surface area contributed by atoms with Crippen LogP contribution in [0.4, 0.5) is 13.2 Å². The summed E-state index contributed by atoms with van der Waals surface area (Å²) in [5.41, 5.74) is -1.45. The zero-order valence-electron chi connectivity index (χ0n) is 21.5. The van der Waals surface area contributed by atoms with Gasteiger partial charge in [0.15, 0.2) is 11.7 Å². The average molecular weight is 556 g/mol. The van der Waals surface area contributed by atoms with Crippen LogP contribution in [0.1, 0.15) is 6.92 Å². The smallest absolute Gasteiger partial charge is 0.417 e. The van der Waals surface area contributed by atoms with E-state index in [-0.39, 0.29) is 11.4 Å². The normalized spacial score (nSPS) is 12.7. The van der Waals surface area contributed by atoms with E-state index in [2.05, 4.69) is 4.74 Å². The molecule has 0 spiro atoms. The van der Waals surface area contributed by atoms with Crippen LogP contribution in [0.25, 0.3) is 0 Å². The molecule has 5 nitrogen and oxygen atoms in total. The van der Waals surface area contributed by atoms with Crippen molar-refractivity contribution in [3.63, 3.8) is 0 Å². The Bertz CT molecular complexity index is 1300. The Kier molecular flexibility index (Phi) is 9.60. The van der Waals surface area contributed by atoms with E-state index < -0.39 is 42.3 Å². The Labute approximate surface area is 225 Å². The van der Waals surface area contributed by atoms with Gasteiger partial charge in [-0.1, -0.05) is 91.0 Å². The monoisotopic (exact) mass is 555 g/mol. The lowest BCUT2D eigenvalue weighted by atomic mass is 9.89. The van der Waals surface area contributed by atoms with Crippen molar-refractivity contribution < 1.29 is 37.0 Å². The quantitative estimate of drug-likeness (QED) is 0.170. The second-order valence-electron chi connectivity index (χ2n) is 8.43. The molecule has 39 heavy (non-hydrogen) atoms. The molecule has 0 N–H and O–H groups in total. The number of ketones is 1. The molecule has 1 unspecified atom stereocenters. The van der Waals surface area contributed by atoms with Crippen molar-refractivity contribution in [3.8, 4) is 0 Å². The predicted octanol–water partition coefficient (Wildman–Crippen LogP) is 4.40. The lowest BCUT2D eigenvalue weighted by Crippen LogP contribution is -2.37. The number of hydrogen-bond donors (Lipinski definition) is 0. The largest absolute Gasteiger partial charge is 0.466 e. The van der Waals surface area contributed by atoms with Crippen LogP contribution >= 0.6 is 6.89 Å². The zero-order chi connectivity index (χ0) is 28.6. The van der Waals surface area contributed by atoms with Crippen LogP contribution in [-0.2, 0) is 23.9 Å². The number of alkyl halides is 3. The third-order valence-electron chi connectivity index (χ3n) is 6.09. The number of esters is 2. The lowest BCUT2D eigenvalue weighted by Gasteiger charge is -2.29. The Morgan fingerprint density at radius 3 is 1.49 bits per heavy atom. The van der Waals surface area contributed by atoms with Crippen molar-refractivity contribution in [1.29, 1.82) is 0 Å². The molecule has 0 saturated carbocycles. The minimum Gasteiger partial charge on any atom is -0.466 e. The summed E-state index contributed by atoms with van der Waals surface area (Å²) in [4.78, 5) is 38.3. The van der Waals surface area contributed by atoms with Crippen LogP contribution < -0.4 is 15.9 Å². The highest BCUT2D eigenvalue weighted by Crippen LogP contribution is 2.48. The molecule has 0 amide bonds. The molecule has 202 valence electrons. The number of rotatable bonds is 9. The summed E-state index contributed by atoms with van der Waals surface area (Å²) in [7, 11) is 2.06. The van der Waals surface area contributed by atoms with Gasteiger partial charge in [-0.3, -0.25) is 4.79 Å². The van der Waals surface area contributed by atoms with Crippen molar-refractivity contribution in [1.82, 2.24) is 0 Å². The van der Waals surface area contributed by atoms with E-state index in [0.29, 0.717) is 15.9 Å². The molecule has 3 rings (SSSR count). The van der Waals surface area contributed by atoms with Gasteiger partial charge >= 0.3 is 18.1 Å². The number of methoxy groups -OCH3 is 2. The Morgan fingerprint density at radius 2 is 1.18 bits per heavy atom. The topological polar surface area (TPSA) is 69.7 Å². The highest BCUT2D eigenvalue weighted by Gasteiger charge is 2.50. The number of benzene rings is 3. The number of ether oxygens (including phenoxy) is 2. The molecule has 0 aliphatic carbocycles. The number of hydrogen-bond acceptors (Lipinski definition) is 5. The molecule has 9 heteroatoms. The first-order valence-electron chi connectivity index (χ1n) is 11.8. The third kappa shape index (κ3) is 6.35. The van der Waals surface area contributed by atoms with Crippen LogP contribution in [0.3, 0.4) is 0 Å². The van der Waals surface area contributed by atoms with Crippen molar-refractivity contribution in [2.24, 2.45) is 5.92 Å². The average Bonchev–Trinajstić information content (AvgIpc) is 2.94. The molecule has 0 radical (unpaired) electrons. The first-order chi connectivity index (χ1) is 18.6. The second-order valence-corrected chi connectivity index (χ2v) is 11.8. The van der Waals surface area contributed by atoms with Gasteiger partial charge in [0.25, 0.3) is 0 Å². The maximum Gasteiger partial charge on any atom is 0.417 e. The SMILES string of the molecule is COC(=O)C=C(C([CH+]C(C(=O)OC)=P(c1ccccc1)(c1ccccc1)c1ccccc1)C(C)=O)C(F)(F)F. The van der Waals surface area contributed by atoms with Crippen molar-refractivity contribution >= 4 is 45.8 Å². The maximum absolute atomic E-state index is 14.3. The van der Waals surface area contributed by atoms with Gasteiger partial charge in [-0.15, -0.1) is 0 Å². The first-order valence-corrected chi connectivity index (χ1v) is 13.6. The molecule has 0 saturated heterocycles. The van der Waals surface area contributed by atoms with Gasteiger partial charge in [0.2, 0.25) is 5.29 Å². The van der Waals surface area contributed by atoms with Crippen LogP contribution in [0.5, 0.6) is 0 Å². The second kappa shape index (κ2) is 12.7. The fourth-order valence-electron chi connectivity index (χ4n) is 4.36. The fraction of sp³-hybridized carbons (Fsp3) is 0.167. The molecule has 0 aromatic heterocycles. The summed E-state index contributed by atoms with van der Waals surface area (Å²) < 4.78 is 52.4. The van der Waals surface area contributed by atoms with E-state index in [4.69, 9.17) is 4.74 Å². The summed E-state index contributed by atoms with van der Waals surface area (Å²) in [6.07, 6.45) is -3.84. The fourth-order valence-corrected chi connectivity index (χ4v) is 8.68. The number of carbonyl (C=O) groups is 3. The summed E-state index contributed by atoms with van der Waals surface area (Å²) in [5.74, 6) is -5.09. The summed E-state index contributed by atoms with van der Waals surface area (Å²) in [6.45, 7) is -2.27. The molecule has 3 aromatic carbocycles. The highest BCUT2D eigenvalue weighted by molar-refractivity contribution is 7.96. The van der Waals surface area contributed by atoms with Gasteiger partial charge < -0.3 is 9.47 Å². The van der Waals surface area contributed by atoms with Gasteiger partial charge in [-0.05, 0) is 22.8 Å². The van der Waals surface area contributed by atoms with Crippen LogP contribution in [0, 0.1) is 12.3 Å². The van der Waals surface area contributed by atoms with E-state index >= 15 is 0 Å². The Hall–Kier alpha value is -4.03. The number of Topliss-reactive ketones (excluding diaryl/α,β-unsaturated/α-hetero) is 1. The molecule has 0 bridgehead atoms. The minimum absolute atomic E-state index is 0.117. The zero-order valence-corrected chi connectivity index (χ0v) is 22.4. The van der Waals surface area contributed by atoms with Crippen molar-refractivity contribution in [2.75, 3.05) is 14.2 Å². The van der Waals surface area contributed by atoms with E-state index in [1.165, 1.54) is 0 Å². The number of halogens is 3. The van der Waals surface area contributed by atoms with E-state index in [0.717, 1.165) is 27.6 Å². The Morgan fingerprint density at radius 1 is 0.769 bits per heavy atom. The first kappa shape index (κ1) is 29.5. The van der Waals surface area contributed by atoms with Gasteiger partial charge in [0, 0.05) is 13.0 Å². The van der Waals surface area contributed by atoms with E-state index in [9.17, 15) is 27.6 Å². The molecule has 0 heterocycles. The van der Waals surface area contributed by atoms with Crippen LogP contribution in [0.15, 0.2) is 103 Å². The molecular weight excluding hydrogens is 528 g/mol. The predicted molar refractivity (Wildman–Crippen MR) is 147 cm³/mol. The van der Waals surface area contributed by atoms with Crippen molar-refractivity contribution in [3.05, 3.63) is 109 Å². The summed E-state index contributed by atoms with van der Waals surface area (Å²) in [5, 5.41) is 1.86. The number of carbonyl (C=O) groups excluding carboxylic acids is 3. The molecule has 0 aliphatic rings. The molecular formula is C30H27F3O5P+. The van der Waals surface area contributed by atoms with Gasteiger partial charge in [0.05, 0.1) is 19.8 Å². The standard InChI is InChI=1S/C30H27F3O5P/c1-21(34)25(26(30(31,32)33)20-28(35)37-2)19-27(29(36)38-3)39(22-13-7-4-8-14-22,23-15-9-5-10-16-23)24-17-11-6-12-18-24/h4-20,25H,1-3H3/q+1. The molecule has 0 fully saturated rings.